The highest BCUT2D eigenvalue weighted by molar-refractivity contribution is 8.00. The molecule has 2 aromatic carbocycles. The number of carboxylic acids is 1. The minimum Gasteiger partial charge on any atom is -0.481 e. The van der Waals surface area contributed by atoms with Gasteiger partial charge in [0.05, 0.1) is 11.1 Å². The fourth-order valence-electron chi connectivity index (χ4n) is 1.80. The molecule has 0 fully saturated rings. The third-order valence-corrected chi connectivity index (χ3v) is 3.97. The van der Waals surface area contributed by atoms with E-state index in [0.717, 1.165) is 5.56 Å². The Balaban J connectivity index is 2.00. The van der Waals surface area contributed by atoms with Gasteiger partial charge in [-0.2, -0.15) is 0 Å². The molecule has 0 spiro atoms. The number of nitrogens with one attached hydrogen (secondary N) is 2. The Morgan fingerprint density at radius 3 is 2.18 bits per heavy atom. The maximum absolute atomic E-state index is 12.0. The maximum Gasteiger partial charge on any atom is 0.313 e. The smallest absolute Gasteiger partial charge is 0.313 e. The van der Waals surface area contributed by atoms with E-state index in [2.05, 4.69) is 10.9 Å². The maximum atomic E-state index is 12.0. The minimum atomic E-state index is -0.901. The van der Waals surface area contributed by atoms with E-state index in [-0.39, 0.29) is 17.0 Å². The monoisotopic (exact) mass is 316 g/mol. The van der Waals surface area contributed by atoms with Crippen molar-refractivity contribution in [3.05, 3.63) is 71.8 Å². The number of thioether (sulfide) groups is 1. The topological polar surface area (TPSA) is 78.4 Å². The van der Waals surface area contributed by atoms with E-state index in [1.807, 2.05) is 36.4 Å². The van der Waals surface area contributed by atoms with Crippen molar-refractivity contribution in [3.63, 3.8) is 0 Å². The largest absolute Gasteiger partial charge is 0.481 e. The van der Waals surface area contributed by atoms with Gasteiger partial charge >= 0.3 is 5.97 Å². The third-order valence-electron chi connectivity index (χ3n) is 2.83. The van der Waals surface area contributed by atoms with E-state index in [0.29, 0.717) is 5.56 Å². The number of benzene rings is 2. The Hall–Kier alpha value is -2.31. The third kappa shape index (κ3) is 4.91. The summed E-state index contributed by atoms with van der Waals surface area (Å²) < 4.78 is 0. The normalized spacial score (nSPS) is 11.6. The molecule has 114 valence electrons. The van der Waals surface area contributed by atoms with Crippen molar-refractivity contribution < 1.29 is 14.7 Å². The fourth-order valence-corrected chi connectivity index (χ4v) is 2.60. The summed E-state index contributed by atoms with van der Waals surface area (Å²) in [5, 5.41) is 8.49. The molecule has 0 aliphatic rings. The Labute approximate surface area is 132 Å². The Morgan fingerprint density at radius 2 is 1.59 bits per heavy atom. The zero-order valence-electron chi connectivity index (χ0n) is 11.7. The zero-order valence-corrected chi connectivity index (χ0v) is 12.5. The molecule has 0 radical (unpaired) electrons. The van der Waals surface area contributed by atoms with Crippen molar-refractivity contribution in [1.82, 2.24) is 10.9 Å². The van der Waals surface area contributed by atoms with Crippen LogP contribution in [0.1, 0.15) is 21.3 Å². The van der Waals surface area contributed by atoms with Gasteiger partial charge in [0.25, 0.3) is 5.91 Å². The first-order valence-corrected chi connectivity index (χ1v) is 7.71. The van der Waals surface area contributed by atoms with Gasteiger partial charge in [0.2, 0.25) is 0 Å². The molecule has 0 aliphatic heterocycles. The van der Waals surface area contributed by atoms with E-state index < -0.39 is 5.97 Å². The van der Waals surface area contributed by atoms with Gasteiger partial charge in [-0.15, -0.1) is 11.8 Å². The van der Waals surface area contributed by atoms with E-state index >= 15 is 0 Å². The number of carbonyl (C=O) groups excluding carboxylic acids is 1. The molecule has 22 heavy (non-hydrogen) atoms. The Bertz CT molecular complexity index is 620. The number of carboxylic acid groups (broad SMARTS) is 1. The molecule has 1 amide bonds. The van der Waals surface area contributed by atoms with Gasteiger partial charge in [0.1, 0.15) is 0 Å². The van der Waals surface area contributed by atoms with Crippen molar-refractivity contribution in [2.75, 3.05) is 5.75 Å². The second-order valence-electron chi connectivity index (χ2n) is 4.46. The average molecular weight is 316 g/mol. The second kappa shape index (κ2) is 8.21. The molecule has 1 atom stereocenters. The lowest BCUT2D eigenvalue weighted by molar-refractivity contribution is -0.133. The molecule has 2 aromatic rings. The van der Waals surface area contributed by atoms with Gasteiger partial charge in [-0.1, -0.05) is 48.5 Å². The minimum absolute atomic E-state index is 0.0617. The summed E-state index contributed by atoms with van der Waals surface area (Å²) >= 11 is 1.19. The summed E-state index contributed by atoms with van der Waals surface area (Å²) in [6.45, 7) is 0. The SMILES string of the molecule is O=C(O)CSC(NNC(=O)c1ccccc1)c1ccccc1. The molecule has 0 bridgehead atoms. The van der Waals surface area contributed by atoms with Crippen molar-refractivity contribution in [3.8, 4) is 0 Å². The van der Waals surface area contributed by atoms with Gasteiger partial charge in [0.15, 0.2) is 0 Å². The summed E-state index contributed by atoms with van der Waals surface area (Å²) in [6, 6.07) is 18.2. The van der Waals surface area contributed by atoms with Crippen LogP contribution >= 0.6 is 11.8 Å². The van der Waals surface area contributed by atoms with Crippen LogP contribution in [-0.4, -0.2) is 22.7 Å². The molecular weight excluding hydrogens is 300 g/mol. The summed E-state index contributed by atoms with van der Waals surface area (Å²) in [6.07, 6.45) is 0. The van der Waals surface area contributed by atoms with Crippen LogP contribution in [0.3, 0.4) is 0 Å². The number of amides is 1. The van der Waals surface area contributed by atoms with Gasteiger partial charge < -0.3 is 5.11 Å². The molecule has 5 nitrogen and oxygen atoms in total. The lowest BCUT2D eigenvalue weighted by Crippen LogP contribution is -2.39. The Kier molecular flexibility index (Phi) is 6.00. The first kappa shape index (κ1) is 16.1. The number of rotatable bonds is 7. The lowest BCUT2D eigenvalue weighted by atomic mass is 10.2. The van der Waals surface area contributed by atoms with Crippen LogP contribution in [0.5, 0.6) is 0 Å². The first-order chi connectivity index (χ1) is 10.7. The summed E-state index contributed by atoms with van der Waals surface area (Å²) in [5.74, 6) is -1.23. The number of hydrogen-bond donors (Lipinski definition) is 3. The van der Waals surface area contributed by atoms with Crippen LogP contribution in [0, 0.1) is 0 Å². The van der Waals surface area contributed by atoms with Crippen LogP contribution in [0.4, 0.5) is 0 Å². The van der Waals surface area contributed by atoms with E-state index in [1.54, 1.807) is 24.3 Å². The van der Waals surface area contributed by atoms with Gasteiger partial charge in [-0.3, -0.25) is 15.0 Å². The molecule has 6 heteroatoms. The molecule has 1 unspecified atom stereocenters. The molecule has 3 N–H and O–H groups in total. The zero-order chi connectivity index (χ0) is 15.8. The summed E-state index contributed by atoms with van der Waals surface area (Å²) in [5.41, 5.74) is 6.93. The van der Waals surface area contributed by atoms with Crippen molar-refractivity contribution in [2.45, 2.75) is 5.37 Å². The molecule has 2 rings (SSSR count). The fraction of sp³-hybridized carbons (Fsp3) is 0.125. The Morgan fingerprint density at radius 1 is 1.00 bits per heavy atom. The van der Waals surface area contributed by atoms with Crippen LogP contribution in [0.25, 0.3) is 0 Å². The van der Waals surface area contributed by atoms with Gasteiger partial charge in [-0.25, -0.2) is 5.43 Å². The number of hydrogen-bond acceptors (Lipinski definition) is 4. The van der Waals surface area contributed by atoms with Crippen LogP contribution in [0.15, 0.2) is 60.7 Å². The molecule has 0 saturated carbocycles. The highest BCUT2D eigenvalue weighted by Crippen LogP contribution is 2.25. The predicted molar refractivity (Wildman–Crippen MR) is 86.3 cm³/mol. The number of hydrazine groups is 1. The predicted octanol–water partition coefficient (Wildman–Crippen LogP) is 2.44. The van der Waals surface area contributed by atoms with E-state index in [4.69, 9.17) is 5.11 Å². The molecule has 0 aromatic heterocycles. The summed E-state index contributed by atoms with van der Waals surface area (Å²) in [7, 11) is 0. The number of aliphatic carboxylic acids is 1. The van der Waals surface area contributed by atoms with Crippen LogP contribution in [0.2, 0.25) is 0 Å². The second-order valence-corrected chi connectivity index (χ2v) is 5.55. The molecule has 0 heterocycles. The molecule has 0 aliphatic carbocycles. The van der Waals surface area contributed by atoms with Gasteiger partial charge in [0, 0.05) is 5.56 Å². The van der Waals surface area contributed by atoms with Gasteiger partial charge in [-0.05, 0) is 17.7 Å². The van der Waals surface area contributed by atoms with E-state index in [1.165, 1.54) is 11.8 Å². The first-order valence-electron chi connectivity index (χ1n) is 6.66. The number of carbonyl (C=O) groups is 2. The van der Waals surface area contributed by atoms with Crippen molar-refractivity contribution in [2.24, 2.45) is 0 Å². The molecule has 0 saturated heterocycles. The van der Waals surface area contributed by atoms with Crippen LogP contribution in [-0.2, 0) is 4.79 Å². The highest BCUT2D eigenvalue weighted by atomic mass is 32.2. The van der Waals surface area contributed by atoms with E-state index in [9.17, 15) is 9.59 Å². The van der Waals surface area contributed by atoms with Crippen LogP contribution < -0.4 is 10.9 Å². The quantitative estimate of drug-likeness (QED) is 0.540. The standard InChI is InChI=1S/C16H16N2O3S/c19-14(20)11-22-16(13-9-5-2-6-10-13)18-17-15(21)12-7-3-1-4-8-12/h1-10,16,18H,11H2,(H,17,21)(H,19,20). The summed E-state index contributed by atoms with van der Waals surface area (Å²) in [4.78, 5) is 22.8. The lowest BCUT2D eigenvalue weighted by Gasteiger charge is -2.18. The average Bonchev–Trinajstić information content (AvgIpc) is 2.56. The highest BCUT2D eigenvalue weighted by Gasteiger charge is 2.14. The molecular formula is C16H16N2O3S. The van der Waals surface area contributed by atoms with Crippen molar-refractivity contribution in [1.29, 1.82) is 0 Å². The van der Waals surface area contributed by atoms with Crippen molar-refractivity contribution >= 4 is 23.6 Å².